The number of aromatic nitrogens is 2. The summed E-state index contributed by atoms with van der Waals surface area (Å²) >= 11 is 0. The molecule has 1 aromatic heterocycles. The molecule has 0 spiro atoms. The predicted molar refractivity (Wildman–Crippen MR) is 84.4 cm³/mol. The second-order valence-electron chi connectivity index (χ2n) is 5.19. The Morgan fingerprint density at radius 3 is 2.26 bits per heavy atom. The smallest absolute Gasteiger partial charge is 0.139 e. The molecule has 1 aromatic carbocycles. The summed E-state index contributed by atoms with van der Waals surface area (Å²) in [5.41, 5.74) is 3.83. The largest absolute Gasteiger partial charge is 0.186 e. The molecule has 3 heteroatoms. The normalized spacial score (nSPS) is 11.6. The summed E-state index contributed by atoms with van der Waals surface area (Å²) in [6.45, 7) is 2.03. The molecule has 1 heterocycles. The Hall–Kier alpha value is -1.79. The zero-order valence-electron chi connectivity index (χ0n) is 11.8. The molecule has 2 rings (SSSR count). The summed E-state index contributed by atoms with van der Waals surface area (Å²) in [5.74, 6) is 3.14. The number of hydrogen-bond acceptors (Lipinski definition) is 2. The Labute approximate surface area is 116 Å². The number of hydrogen-bond donors (Lipinski definition) is 0. The van der Waals surface area contributed by atoms with Gasteiger partial charge in [-0.3, -0.25) is 0 Å². The van der Waals surface area contributed by atoms with Crippen LogP contribution in [0.15, 0.2) is 36.4 Å². The lowest BCUT2D eigenvalue weighted by atomic mass is 10.1. The Kier molecular flexibility index (Phi) is 3.92. The van der Waals surface area contributed by atoms with Gasteiger partial charge in [0.1, 0.15) is 5.69 Å². The topological polar surface area (TPSA) is 25.8 Å². The van der Waals surface area contributed by atoms with Gasteiger partial charge in [-0.25, -0.2) is 0 Å². The first-order valence-electron chi connectivity index (χ1n) is 6.06. The fraction of sp³-hybridized carbons (Fsp3) is 0.250. The highest BCUT2D eigenvalue weighted by atomic mass is 32.3. The Bertz CT molecular complexity index is 631. The first-order valence-corrected chi connectivity index (χ1v) is 8.92. The van der Waals surface area contributed by atoms with E-state index in [2.05, 4.69) is 40.1 Å². The second-order valence-corrected chi connectivity index (χ2v) is 9.07. The molecule has 0 bridgehead atoms. The molecule has 0 amide bonds. The molecule has 0 aliphatic rings. The van der Waals surface area contributed by atoms with Crippen molar-refractivity contribution in [2.45, 2.75) is 6.92 Å². The first kappa shape index (κ1) is 13.6. The maximum atomic E-state index is 4.27. The van der Waals surface area contributed by atoms with Gasteiger partial charge in [0.2, 0.25) is 0 Å². The van der Waals surface area contributed by atoms with Crippen LogP contribution in [0.1, 0.15) is 11.3 Å². The number of aryl methyl sites for hydroxylation is 1. The maximum absolute atomic E-state index is 4.27. The standard InChI is InChI=1S/C16H18N2S/c1-13-12-16(14-8-6-5-7-9-14)18-17-15(13)10-11-19(2,3)4/h5-9,12H,1-4H3. The quantitative estimate of drug-likeness (QED) is 0.742. The highest BCUT2D eigenvalue weighted by Gasteiger charge is 2.04. The molecule has 0 fully saturated rings. The van der Waals surface area contributed by atoms with E-state index in [4.69, 9.17) is 0 Å². The molecular weight excluding hydrogens is 252 g/mol. The Morgan fingerprint density at radius 2 is 1.68 bits per heavy atom. The van der Waals surface area contributed by atoms with Crippen molar-refractivity contribution in [2.75, 3.05) is 18.8 Å². The van der Waals surface area contributed by atoms with Crippen LogP contribution < -0.4 is 0 Å². The van der Waals surface area contributed by atoms with Crippen LogP contribution in [0.5, 0.6) is 0 Å². The second kappa shape index (κ2) is 5.46. The zero-order chi connectivity index (χ0) is 13.9. The van der Waals surface area contributed by atoms with E-state index in [1.54, 1.807) is 0 Å². The van der Waals surface area contributed by atoms with Crippen molar-refractivity contribution in [3.63, 3.8) is 0 Å². The fourth-order valence-electron chi connectivity index (χ4n) is 1.56. The van der Waals surface area contributed by atoms with Crippen LogP contribution in [0.4, 0.5) is 0 Å². The molecule has 0 saturated heterocycles. The molecule has 0 aliphatic carbocycles. The molecule has 0 aliphatic heterocycles. The van der Waals surface area contributed by atoms with Crippen LogP contribution >= 0.6 is 10.0 Å². The first-order chi connectivity index (χ1) is 8.96. The van der Waals surface area contributed by atoms with E-state index in [9.17, 15) is 0 Å². The number of benzene rings is 1. The molecule has 0 saturated carbocycles. The zero-order valence-corrected chi connectivity index (χ0v) is 12.6. The van der Waals surface area contributed by atoms with Gasteiger partial charge in [-0.05, 0) is 48.5 Å². The van der Waals surface area contributed by atoms with E-state index in [1.807, 2.05) is 43.3 Å². The molecule has 19 heavy (non-hydrogen) atoms. The van der Waals surface area contributed by atoms with Crippen LogP contribution in [0, 0.1) is 18.1 Å². The highest BCUT2D eigenvalue weighted by Crippen LogP contribution is 2.32. The minimum Gasteiger partial charge on any atom is -0.186 e. The maximum Gasteiger partial charge on any atom is 0.139 e. The molecule has 0 N–H and O–H groups in total. The van der Waals surface area contributed by atoms with E-state index in [-0.39, 0.29) is 0 Å². The van der Waals surface area contributed by atoms with Gasteiger partial charge in [0, 0.05) is 5.56 Å². The van der Waals surface area contributed by atoms with Gasteiger partial charge < -0.3 is 0 Å². The van der Waals surface area contributed by atoms with Crippen LogP contribution in [0.2, 0.25) is 0 Å². The van der Waals surface area contributed by atoms with Crippen molar-refractivity contribution >= 4 is 10.0 Å². The molecule has 98 valence electrons. The summed E-state index contributed by atoms with van der Waals surface area (Å²) < 4.78 is 0. The Morgan fingerprint density at radius 1 is 1.00 bits per heavy atom. The lowest BCUT2D eigenvalue weighted by molar-refractivity contribution is 1.00. The van der Waals surface area contributed by atoms with Gasteiger partial charge in [0.15, 0.2) is 0 Å². The summed E-state index contributed by atoms with van der Waals surface area (Å²) in [7, 11) is -0.830. The summed E-state index contributed by atoms with van der Waals surface area (Å²) in [4.78, 5) is 0. The van der Waals surface area contributed by atoms with Crippen molar-refractivity contribution in [3.8, 4) is 22.4 Å². The molecule has 0 atom stereocenters. The van der Waals surface area contributed by atoms with E-state index < -0.39 is 10.0 Å². The van der Waals surface area contributed by atoms with Gasteiger partial charge >= 0.3 is 0 Å². The van der Waals surface area contributed by atoms with E-state index in [0.29, 0.717) is 0 Å². The van der Waals surface area contributed by atoms with Gasteiger partial charge in [-0.15, -0.1) is 10.2 Å². The van der Waals surface area contributed by atoms with E-state index in [1.165, 1.54) is 0 Å². The van der Waals surface area contributed by atoms with Crippen LogP contribution in [-0.4, -0.2) is 29.0 Å². The van der Waals surface area contributed by atoms with Crippen molar-refractivity contribution in [2.24, 2.45) is 0 Å². The summed E-state index contributed by atoms with van der Waals surface area (Å²) in [6, 6.07) is 12.1. The van der Waals surface area contributed by atoms with E-state index in [0.717, 1.165) is 22.5 Å². The van der Waals surface area contributed by atoms with Gasteiger partial charge in [0.05, 0.1) is 5.69 Å². The van der Waals surface area contributed by atoms with Gasteiger partial charge in [-0.2, -0.15) is 10.0 Å². The van der Waals surface area contributed by atoms with Crippen LogP contribution in [-0.2, 0) is 0 Å². The van der Waals surface area contributed by atoms with Crippen LogP contribution in [0.3, 0.4) is 0 Å². The average molecular weight is 270 g/mol. The minimum absolute atomic E-state index is 0.780. The summed E-state index contributed by atoms with van der Waals surface area (Å²) in [6.07, 6.45) is 6.50. The molecule has 0 radical (unpaired) electrons. The lowest BCUT2D eigenvalue weighted by Crippen LogP contribution is -1.95. The minimum atomic E-state index is -0.830. The third-order valence-electron chi connectivity index (χ3n) is 2.53. The SMILES string of the molecule is Cc1cc(-c2ccccc2)nnc1C#CS(C)(C)C. The monoisotopic (exact) mass is 270 g/mol. The summed E-state index contributed by atoms with van der Waals surface area (Å²) in [5, 5.41) is 11.8. The molecular formula is C16H18N2S. The average Bonchev–Trinajstić information content (AvgIpc) is 2.37. The lowest BCUT2D eigenvalue weighted by Gasteiger charge is -2.14. The third-order valence-corrected chi connectivity index (χ3v) is 3.24. The van der Waals surface area contributed by atoms with E-state index >= 15 is 0 Å². The van der Waals surface area contributed by atoms with Crippen molar-refractivity contribution < 1.29 is 0 Å². The number of nitrogens with zero attached hydrogens (tertiary/aromatic N) is 2. The molecule has 2 nitrogen and oxygen atoms in total. The number of rotatable bonds is 1. The van der Waals surface area contributed by atoms with Crippen LogP contribution in [0.25, 0.3) is 11.3 Å². The van der Waals surface area contributed by atoms with Crippen molar-refractivity contribution in [1.82, 2.24) is 10.2 Å². The molecule has 2 aromatic rings. The Balaban J connectivity index is 2.35. The van der Waals surface area contributed by atoms with Crippen molar-refractivity contribution in [1.29, 1.82) is 0 Å². The van der Waals surface area contributed by atoms with Crippen molar-refractivity contribution in [3.05, 3.63) is 47.7 Å². The predicted octanol–water partition coefficient (Wildman–Crippen LogP) is 3.46. The fourth-order valence-corrected chi connectivity index (χ4v) is 1.96. The molecule has 0 unspecified atom stereocenters. The highest BCUT2D eigenvalue weighted by molar-refractivity contribution is 8.35. The van der Waals surface area contributed by atoms with Gasteiger partial charge in [0.25, 0.3) is 0 Å². The van der Waals surface area contributed by atoms with Gasteiger partial charge in [-0.1, -0.05) is 30.3 Å². The third kappa shape index (κ3) is 3.84.